The summed E-state index contributed by atoms with van der Waals surface area (Å²) in [4.78, 5) is 21.0. The zero-order valence-corrected chi connectivity index (χ0v) is 14.7. The summed E-state index contributed by atoms with van der Waals surface area (Å²) in [5, 5.41) is 3.12. The minimum absolute atomic E-state index is 0.210. The maximum Gasteiger partial charge on any atom is 0.258 e. The summed E-state index contributed by atoms with van der Waals surface area (Å²) in [6.07, 6.45) is 1.56. The molecule has 0 radical (unpaired) electrons. The molecule has 1 aliphatic heterocycles. The molecule has 1 aliphatic rings. The second-order valence-corrected chi connectivity index (χ2v) is 6.44. The van der Waals surface area contributed by atoms with Gasteiger partial charge in [-0.15, -0.1) is 0 Å². The highest BCUT2D eigenvalue weighted by Gasteiger charge is 2.16. The number of halogens is 1. The Hall–Kier alpha value is -2.11. The summed E-state index contributed by atoms with van der Waals surface area (Å²) in [6, 6.07) is 9.48. The number of nitrogens with one attached hydrogen (secondary N) is 1. The Kier molecular flexibility index (Phi) is 5.02. The van der Waals surface area contributed by atoms with Crippen LogP contribution in [0.15, 0.2) is 36.5 Å². The molecule has 6 heteroatoms. The first-order valence-electron chi connectivity index (χ1n) is 8.00. The number of anilines is 2. The lowest BCUT2D eigenvalue weighted by molar-refractivity contribution is 0.102. The maximum absolute atomic E-state index is 12.4. The van der Waals surface area contributed by atoms with Gasteiger partial charge in [0, 0.05) is 43.8 Å². The summed E-state index contributed by atoms with van der Waals surface area (Å²) >= 11 is 5.98. The van der Waals surface area contributed by atoms with Crippen molar-refractivity contribution in [1.82, 2.24) is 9.88 Å². The van der Waals surface area contributed by atoms with E-state index in [1.807, 2.05) is 13.0 Å². The fourth-order valence-corrected chi connectivity index (χ4v) is 3.00. The zero-order chi connectivity index (χ0) is 17.1. The average molecular weight is 345 g/mol. The number of pyridine rings is 1. The molecule has 0 bridgehead atoms. The van der Waals surface area contributed by atoms with Gasteiger partial charge in [-0.25, -0.2) is 4.98 Å². The lowest BCUT2D eigenvalue weighted by atomic mass is 10.1. The predicted molar refractivity (Wildman–Crippen MR) is 98.1 cm³/mol. The molecule has 1 N–H and O–H groups in total. The van der Waals surface area contributed by atoms with Crippen LogP contribution in [0, 0.1) is 6.92 Å². The number of likely N-dealkylation sites (N-methyl/N-ethyl adjacent to an activating group) is 1. The molecule has 0 atom stereocenters. The van der Waals surface area contributed by atoms with Gasteiger partial charge in [0.15, 0.2) is 0 Å². The fraction of sp³-hybridized carbons (Fsp3) is 0.333. The minimum Gasteiger partial charge on any atom is -0.369 e. The third-order valence-corrected chi connectivity index (χ3v) is 4.63. The Balaban J connectivity index is 1.73. The molecule has 24 heavy (non-hydrogen) atoms. The molecule has 1 fully saturated rings. The smallest absolute Gasteiger partial charge is 0.258 e. The Morgan fingerprint density at radius 3 is 2.62 bits per heavy atom. The van der Waals surface area contributed by atoms with Crippen LogP contribution in [0.4, 0.5) is 11.4 Å². The van der Waals surface area contributed by atoms with Gasteiger partial charge in [-0.05, 0) is 49.9 Å². The molecule has 126 valence electrons. The van der Waals surface area contributed by atoms with E-state index >= 15 is 0 Å². The molecule has 1 aromatic heterocycles. The second-order valence-electron chi connectivity index (χ2n) is 6.09. The van der Waals surface area contributed by atoms with Gasteiger partial charge in [0.2, 0.25) is 0 Å². The van der Waals surface area contributed by atoms with E-state index in [9.17, 15) is 4.79 Å². The van der Waals surface area contributed by atoms with E-state index < -0.39 is 0 Å². The average Bonchev–Trinajstić information content (AvgIpc) is 2.57. The number of rotatable bonds is 3. The van der Waals surface area contributed by atoms with E-state index in [-0.39, 0.29) is 11.1 Å². The van der Waals surface area contributed by atoms with Crippen molar-refractivity contribution in [2.24, 2.45) is 0 Å². The summed E-state index contributed by atoms with van der Waals surface area (Å²) in [5.74, 6) is -0.247. The molecule has 2 aromatic rings. The van der Waals surface area contributed by atoms with Gasteiger partial charge < -0.3 is 15.1 Å². The van der Waals surface area contributed by atoms with Crippen LogP contribution in [0.3, 0.4) is 0 Å². The third-order valence-electron chi connectivity index (χ3n) is 4.33. The van der Waals surface area contributed by atoms with Gasteiger partial charge in [0.05, 0.1) is 5.56 Å². The molecular formula is C18H21ClN4O. The van der Waals surface area contributed by atoms with Crippen LogP contribution in [-0.2, 0) is 0 Å². The highest BCUT2D eigenvalue weighted by molar-refractivity contribution is 6.33. The van der Waals surface area contributed by atoms with Gasteiger partial charge in [-0.1, -0.05) is 11.6 Å². The number of aromatic nitrogens is 1. The van der Waals surface area contributed by atoms with Crippen LogP contribution < -0.4 is 10.2 Å². The number of aryl methyl sites for hydroxylation is 1. The lowest BCUT2D eigenvalue weighted by Crippen LogP contribution is -2.44. The largest absolute Gasteiger partial charge is 0.369 e. The third kappa shape index (κ3) is 3.68. The van der Waals surface area contributed by atoms with Crippen molar-refractivity contribution in [1.29, 1.82) is 0 Å². The Bertz CT molecular complexity index is 742. The van der Waals surface area contributed by atoms with Crippen LogP contribution in [-0.4, -0.2) is 49.0 Å². The number of hydrogen-bond acceptors (Lipinski definition) is 4. The lowest BCUT2D eigenvalue weighted by Gasteiger charge is -2.34. The van der Waals surface area contributed by atoms with Gasteiger partial charge in [0.25, 0.3) is 5.91 Å². The van der Waals surface area contributed by atoms with Gasteiger partial charge in [0.1, 0.15) is 5.15 Å². The molecule has 2 heterocycles. The molecule has 1 aromatic carbocycles. The van der Waals surface area contributed by atoms with Crippen LogP contribution in [0.1, 0.15) is 15.9 Å². The predicted octanol–water partition coefficient (Wildman–Crippen LogP) is 3.05. The van der Waals surface area contributed by atoms with Crippen molar-refractivity contribution in [3.63, 3.8) is 0 Å². The number of nitrogens with zero attached hydrogens (tertiary/aromatic N) is 3. The molecule has 1 saturated heterocycles. The molecule has 1 amide bonds. The standard InChI is InChI=1S/C18H21ClN4O/c1-13-12-14(23-10-8-22(2)9-11-23)5-6-16(13)21-18(24)15-4-3-7-20-17(15)19/h3-7,12H,8-11H2,1-2H3,(H,21,24). The van der Waals surface area contributed by atoms with Gasteiger partial charge in [-0.2, -0.15) is 0 Å². The second kappa shape index (κ2) is 7.20. The highest BCUT2D eigenvalue weighted by Crippen LogP contribution is 2.24. The molecule has 0 aliphatic carbocycles. The summed E-state index contributed by atoms with van der Waals surface area (Å²) in [6.45, 7) is 6.17. The Morgan fingerprint density at radius 2 is 1.96 bits per heavy atom. The van der Waals surface area contributed by atoms with Crippen LogP contribution in [0.2, 0.25) is 5.15 Å². The number of carbonyl (C=O) groups excluding carboxylic acids is 1. The fourth-order valence-electron chi connectivity index (χ4n) is 2.79. The first-order chi connectivity index (χ1) is 11.5. The SMILES string of the molecule is Cc1cc(N2CCN(C)CC2)ccc1NC(=O)c1cccnc1Cl. The van der Waals surface area contributed by atoms with Crippen molar-refractivity contribution in [3.8, 4) is 0 Å². The van der Waals surface area contributed by atoms with Gasteiger partial charge in [-0.3, -0.25) is 4.79 Å². The number of piperazine rings is 1. The molecule has 0 saturated carbocycles. The molecule has 0 unspecified atom stereocenters. The van der Waals surface area contributed by atoms with E-state index in [0.29, 0.717) is 5.56 Å². The number of hydrogen-bond donors (Lipinski definition) is 1. The summed E-state index contributed by atoms with van der Waals surface area (Å²) in [5.41, 5.74) is 3.39. The summed E-state index contributed by atoms with van der Waals surface area (Å²) < 4.78 is 0. The first kappa shape index (κ1) is 16.7. The van der Waals surface area contributed by atoms with Crippen molar-refractivity contribution in [2.75, 3.05) is 43.4 Å². The maximum atomic E-state index is 12.4. The van der Waals surface area contributed by atoms with Gasteiger partial charge >= 0.3 is 0 Å². The molecule has 5 nitrogen and oxygen atoms in total. The monoisotopic (exact) mass is 344 g/mol. The van der Waals surface area contributed by atoms with Crippen LogP contribution in [0.25, 0.3) is 0 Å². The van der Waals surface area contributed by atoms with Crippen LogP contribution in [0.5, 0.6) is 0 Å². The van der Waals surface area contributed by atoms with Crippen molar-refractivity contribution in [2.45, 2.75) is 6.92 Å². The Labute approximate surface area is 147 Å². The van der Waals surface area contributed by atoms with E-state index in [2.05, 4.69) is 39.3 Å². The van der Waals surface area contributed by atoms with E-state index in [4.69, 9.17) is 11.6 Å². The molecule has 0 spiro atoms. The number of carbonyl (C=O) groups is 1. The topological polar surface area (TPSA) is 48.5 Å². The summed E-state index contributed by atoms with van der Waals surface area (Å²) in [7, 11) is 2.14. The van der Waals surface area contributed by atoms with Crippen LogP contribution >= 0.6 is 11.6 Å². The number of amides is 1. The van der Waals surface area contributed by atoms with E-state index in [1.54, 1.807) is 18.3 Å². The molecule has 3 rings (SSSR count). The quantitative estimate of drug-likeness (QED) is 0.869. The van der Waals surface area contributed by atoms with E-state index in [0.717, 1.165) is 37.4 Å². The first-order valence-corrected chi connectivity index (χ1v) is 8.38. The van der Waals surface area contributed by atoms with Crippen molar-refractivity contribution in [3.05, 3.63) is 52.8 Å². The molecular weight excluding hydrogens is 324 g/mol. The van der Waals surface area contributed by atoms with Crippen molar-refractivity contribution >= 4 is 28.9 Å². The Morgan fingerprint density at radius 1 is 1.21 bits per heavy atom. The highest BCUT2D eigenvalue weighted by atomic mass is 35.5. The van der Waals surface area contributed by atoms with Crippen molar-refractivity contribution < 1.29 is 4.79 Å². The zero-order valence-electron chi connectivity index (χ0n) is 13.9. The van der Waals surface area contributed by atoms with E-state index in [1.165, 1.54) is 5.69 Å². The normalized spacial score (nSPS) is 15.4. The number of benzene rings is 1. The minimum atomic E-state index is -0.247.